The minimum Gasteiger partial charge on any atom is -0.250 e. The molecule has 2 rings (SSSR count). The van der Waals surface area contributed by atoms with Crippen molar-refractivity contribution in [1.82, 2.24) is 0 Å². The Morgan fingerprint density at radius 3 is 2.40 bits per heavy atom. The predicted molar refractivity (Wildman–Crippen MR) is 62.2 cm³/mol. The first-order valence-corrected chi connectivity index (χ1v) is 5.97. The molecule has 15 heavy (non-hydrogen) atoms. The minimum atomic E-state index is -0.295. The van der Waals surface area contributed by atoms with Crippen molar-refractivity contribution in [1.29, 1.82) is 0 Å². The maximum atomic E-state index is 13.3. The van der Waals surface area contributed by atoms with Gasteiger partial charge in [0, 0.05) is 10.4 Å². The lowest BCUT2D eigenvalue weighted by atomic mass is 9.70. The fourth-order valence-corrected chi connectivity index (χ4v) is 2.93. The van der Waals surface area contributed by atoms with Crippen molar-refractivity contribution < 1.29 is 4.39 Å². The standard InChI is InChI=1S/C13H16ClF/c14-12-7-3-2-6-11(12)13(10-15)8-4-1-5-9-13/h2-3,6-7H,1,4-5,8-10H2. The zero-order chi connectivity index (χ0) is 10.7. The molecule has 1 fully saturated rings. The molecule has 0 radical (unpaired) electrons. The van der Waals surface area contributed by atoms with Crippen LogP contribution in [0.2, 0.25) is 5.02 Å². The lowest BCUT2D eigenvalue weighted by Gasteiger charge is -2.35. The molecule has 1 aromatic rings. The normalized spacial score (nSPS) is 20.1. The molecular formula is C13H16ClF. The van der Waals surface area contributed by atoms with E-state index in [0.29, 0.717) is 0 Å². The Kier molecular flexibility index (Phi) is 3.30. The summed E-state index contributed by atoms with van der Waals surface area (Å²) in [5.74, 6) is 0. The molecule has 1 saturated carbocycles. The Balaban J connectivity index is 2.36. The molecule has 0 spiro atoms. The van der Waals surface area contributed by atoms with Gasteiger partial charge in [-0.15, -0.1) is 0 Å². The third kappa shape index (κ3) is 2.03. The van der Waals surface area contributed by atoms with Gasteiger partial charge in [-0.1, -0.05) is 49.1 Å². The van der Waals surface area contributed by atoms with E-state index in [1.54, 1.807) is 0 Å². The van der Waals surface area contributed by atoms with Gasteiger partial charge in [-0.25, -0.2) is 0 Å². The second-order valence-electron chi connectivity index (χ2n) is 4.45. The summed E-state index contributed by atoms with van der Waals surface area (Å²) in [4.78, 5) is 0. The summed E-state index contributed by atoms with van der Waals surface area (Å²) in [6.45, 7) is -0.281. The smallest absolute Gasteiger partial charge is 0.0991 e. The van der Waals surface area contributed by atoms with Gasteiger partial charge in [-0.05, 0) is 24.5 Å². The SMILES string of the molecule is FCC1(c2ccccc2Cl)CCCCC1. The van der Waals surface area contributed by atoms with Crippen LogP contribution in [0.25, 0.3) is 0 Å². The molecule has 0 nitrogen and oxygen atoms in total. The van der Waals surface area contributed by atoms with Crippen molar-refractivity contribution >= 4 is 11.6 Å². The first-order valence-electron chi connectivity index (χ1n) is 5.59. The zero-order valence-electron chi connectivity index (χ0n) is 8.81. The van der Waals surface area contributed by atoms with E-state index in [0.717, 1.165) is 36.3 Å². The van der Waals surface area contributed by atoms with E-state index in [-0.39, 0.29) is 12.1 Å². The lowest BCUT2D eigenvalue weighted by Crippen LogP contribution is -2.31. The summed E-state index contributed by atoms with van der Waals surface area (Å²) in [7, 11) is 0. The molecule has 0 aliphatic heterocycles. The van der Waals surface area contributed by atoms with Crippen molar-refractivity contribution in [2.75, 3.05) is 6.67 Å². The number of hydrogen-bond donors (Lipinski definition) is 0. The summed E-state index contributed by atoms with van der Waals surface area (Å²) < 4.78 is 13.3. The van der Waals surface area contributed by atoms with Gasteiger partial charge >= 0.3 is 0 Å². The van der Waals surface area contributed by atoms with Gasteiger partial charge in [0.05, 0.1) is 6.67 Å². The molecule has 0 amide bonds. The highest BCUT2D eigenvalue weighted by atomic mass is 35.5. The van der Waals surface area contributed by atoms with E-state index >= 15 is 0 Å². The highest BCUT2D eigenvalue weighted by Gasteiger charge is 2.35. The second-order valence-corrected chi connectivity index (χ2v) is 4.86. The maximum Gasteiger partial charge on any atom is 0.0991 e. The minimum absolute atomic E-state index is 0.281. The van der Waals surface area contributed by atoms with Crippen LogP contribution in [-0.2, 0) is 5.41 Å². The van der Waals surface area contributed by atoms with Crippen molar-refractivity contribution in [2.45, 2.75) is 37.5 Å². The van der Waals surface area contributed by atoms with Crippen LogP contribution >= 0.6 is 11.6 Å². The average molecular weight is 227 g/mol. The Labute approximate surface area is 95.4 Å². The first-order chi connectivity index (χ1) is 7.28. The van der Waals surface area contributed by atoms with Crippen molar-refractivity contribution in [3.05, 3.63) is 34.9 Å². The van der Waals surface area contributed by atoms with Gasteiger partial charge < -0.3 is 0 Å². The molecule has 1 aromatic carbocycles. The third-order valence-corrected chi connectivity index (χ3v) is 3.84. The molecule has 0 aromatic heterocycles. The second kappa shape index (κ2) is 4.52. The van der Waals surface area contributed by atoms with Crippen molar-refractivity contribution in [3.8, 4) is 0 Å². The Morgan fingerprint density at radius 1 is 1.13 bits per heavy atom. The predicted octanol–water partition coefficient (Wildman–Crippen LogP) is 4.51. The molecule has 1 aliphatic carbocycles. The van der Waals surface area contributed by atoms with Crippen LogP contribution < -0.4 is 0 Å². The Morgan fingerprint density at radius 2 is 1.80 bits per heavy atom. The van der Waals surface area contributed by atoms with Gasteiger partial charge in [0.1, 0.15) is 0 Å². The van der Waals surface area contributed by atoms with Crippen LogP contribution in [0.3, 0.4) is 0 Å². The number of benzene rings is 1. The molecule has 2 heteroatoms. The fourth-order valence-electron chi connectivity index (χ4n) is 2.59. The topological polar surface area (TPSA) is 0 Å². The van der Waals surface area contributed by atoms with Gasteiger partial charge in [0.25, 0.3) is 0 Å². The summed E-state index contributed by atoms with van der Waals surface area (Å²) >= 11 is 6.16. The van der Waals surface area contributed by atoms with Crippen LogP contribution in [-0.4, -0.2) is 6.67 Å². The van der Waals surface area contributed by atoms with Gasteiger partial charge in [0.15, 0.2) is 0 Å². The van der Waals surface area contributed by atoms with Gasteiger partial charge in [0.2, 0.25) is 0 Å². The Bertz CT molecular complexity index is 329. The zero-order valence-corrected chi connectivity index (χ0v) is 9.56. The summed E-state index contributed by atoms with van der Waals surface area (Å²) in [5.41, 5.74) is 0.713. The van der Waals surface area contributed by atoms with Crippen LogP contribution in [0, 0.1) is 0 Å². The fraction of sp³-hybridized carbons (Fsp3) is 0.538. The molecule has 0 unspecified atom stereocenters. The summed E-state index contributed by atoms with van der Waals surface area (Å²) in [5, 5.41) is 0.719. The average Bonchev–Trinajstić information content (AvgIpc) is 2.30. The van der Waals surface area contributed by atoms with E-state index in [1.165, 1.54) is 6.42 Å². The van der Waals surface area contributed by atoms with Crippen LogP contribution in [0.15, 0.2) is 24.3 Å². The monoisotopic (exact) mass is 226 g/mol. The van der Waals surface area contributed by atoms with E-state index in [4.69, 9.17) is 11.6 Å². The quantitative estimate of drug-likeness (QED) is 0.696. The van der Waals surface area contributed by atoms with Crippen molar-refractivity contribution in [3.63, 3.8) is 0 Å². The molecular weight excluding hydrogens is 211 g/mol. The highest BCUT2D eigenvalue weighted by Crippen LogP contribution is 2.42. The van der Waals surface area contributed by atoms with Gasteiger partial charge in [-0.3, -0.25) is 4.39 Å². The molecule has 0 heterocycles. The number of rotatable bonds is 2. The van der Waals surface area contributed by atoms with Crippen LogP contribution in [0.4, 0.5) is 4.39 Å². The van der Waals surface area contributed by atoms with Crippen LogP contribution in [0.1, 0.15) is 37.7 Å². The molecule has 0 saturated heterocycles. The lowest BCUT2D eigenvalue weighted by molar-refractivity contribution is 0.226. The van der Waals surface area contributed by atoms with Gasteiger partial charge in [-0.2, -0.15) is 0 Å². The number of hydrogen-bond acceptors (Lipinski definition) is 0. The van der Waals surface area contributed by atoms with E-state index in [9.17, 15) is 4.39 Å². The third-order valence-electron chi connectivity index (χ3n) is 3.51. The first kappa shape index (κ1) is 10.9. The Hall–Kier alpha value is -0.560. The molecule has 0 bridgehead atoms. The maximum absolute atomic E-state index is 13.3. The van der Waals surface area contributed by atoms with Crippen LogP contribution in [0.5, 0.6) is 0 Å². The van der Waals surface area contributed by atoms with E-state index in [2.05, 4.69) is 0 Å². The number of halogens is 2. The van der Waals surface area contributed by atoms with E-state index in [1.807, 2.05) is 24.3 Å². The summed E-state index contributed by atoms with van der Waals surface area (Å²) in [6, 6.07) is 7.70. The summed E-state index contributed by atoms with van der Waals surface area (Å²) in [6.07, 6.45) is 5.34. The largest absolute Gasteiger partial charge is 0.250 e. The van der Waals surface area contributed by atoms with E-state index < -0.39 is 0 Å². The molecule has 1 aliphatic rings. The molecule has 0 N–H and O–H groups in total. The molecule has 82 valence electrons. The molecule has 0 atom stereocenters. The highest BCUT2D eigenvalue weighted by molar-refractivity contribution is 6.31. The number of alkyl halides is 1. The van der Waals surface area contributed by atoms with Crippen molar-refractivity contribution in [2.24, 2.45) is 0 Å².